The first-order chi connectivity index (χ1) is 6.69. The van der Waals surface area contributed by atoms with E-state index in [1.54, 1.807) is 0 Å². The number of carbonyl (C=O) groups is 1. The van der Waals surface area contributed by atoms with Crippen LogP contribution in [0.25, 0.3) is 0 Å². The number of amides is 1. The van der Waals surface area contributed by atoms with Crippen LogP contribution in [-0.2, 0) is 4.79 Å². The standard InChI is InChI=1S/C11H22N2O/c1-4-9(3)8-13(5-2)11(14)10-6-12-7-10/h9-10,12H,4-8H2,1-3H3. The molecule has 0 aromatic rings. The molecule has 0 bridgehead atoms. The fourth-order valence-corrected chi connectivity index (χ4v) is 1.60. The van der Waals surface area contributed by atoms with Gasteiger partial charge in [0.1, 0.15) is 0 Å². The van der Waals surface area contributed by atoms with Crippen molar-refractivity contribution in [2.45, 2.75) is 27.2 Å². The van der Waals surface area contributed by atoms with Crippen molar-refractivity contribution < 1.29 is 4.79 Å². The van der Waals surface area contributed by atoms with Crippen molar-refractivity contribution in [1.82, 2.24) is 10.2 Å². The summed E-state index contributed by atoms with van der Waals surface area (Å²) in [5.74, 6) is 1.21. The molecule has 1 unspecified atom stereocenters. The Morgan fingerprint density at radius 1 is 1.50 bits per heavy atom. The van der Waals surface area contributed by atoms with Crippen LogP contribution in [0.3, 0.4) is 0 Å². The third-order valence-electron chi connectivity index (χ3n) is 3.05. The van der Waals surface area contributed by atoms with Gasteiger partial charge in [0.05, 0.1) is 5.92 Å². The number of nitrogens with one attached hydrogen (secondary N) is 1. The Hall–Kier alpha value is -0.570. The monoisotopic (exact) mass is 198 g/mol. The van der Waals surface area contributed by atoms with E-state index >= 15 is 0 Å². The molecular formula is C11H22N2O. The average molecular weight is 198 g/mol. The quantitative estimate of drug-likeness (QED) is 0.717. The highest BCUT2D eigenvalue weighted by Gasteiger charge is 2.28. The maximum atomic E-state index is 11.9. The molecule has 1 N–H and O–H groups in total. The van der Waals surface area contributed by atoms with Crippen molar-refractivity contribution in [3.8, 4) is 0 Å². The molecule has 0 saturated carbocycles. The van der Waals surface area contributed by atoms with Gasteiger partial charge >= 0.3 is 0 Å². The fraction of sp³-hybridized carbons (Fsp3) is 0.909. The van der Waals surface area contributed by atoms with Crippen LogP contribution in [0.15, 0.2) is 0 Å². The molecule has 0 aromatic heterocycles. The molecule has 1 rings (SSSR count). The molecule has 0 spiro atoms. The molecule has 14 heavy (non-hydrogen) atoms. The van der Waals surface area contributed by atoms with Gasteiger partial charge in [-0.1, -0.05) is 20.3 Å². The summed E-state index contributed by atoms with van der Waals surface area (Å²) in [5.41, 5.74) is 0. The van der Waals surface area contributed by atoms with Gasteiger partial charge in [0.25, 0.3) is 0 Å². The van der Waals surface area contributed by atoms with Crippen LogP contribution in [0.5, 0.6) is 0 Å². The molecule has 1 heterocycles. The molecule has 1 atom stereocenters. The van der Waals surface area contributed by atoms with Gasteiger partial charge in [0.2, 0.25) is 5.91 Å². The van der Waals surface area contributed by atoms with Gasteiger partial charge in [-0.2, -0.15) is 0 Å². The highest BCUT2D eigenvalue weighted by molar-refractivity contribution is 5.80. The van der Waals surface area contributed by atoms with Crippen molar-refractivity contribution in [1.29, 1.82) is 0 Å². The molecule has 0 aliphatic carbocycles. The molecule has 3 nitrogen and oxygen atoms in total. The van der Waals surface area contributed by atoms with Crippen LogP contribution >= 0.6 is 0 Å². The van der Waals surface area contributed by atoms with Crippen molar-refractivity contribution >= 4 is 5.91 Å². The SMILES string of the molecule is CCC(C)CN(CC)C(=O)C1CNC1. The van der Waals surface area contributed by atoms with E-state index in [0.29, 0.717) is 11.8 Å². The van der Waals surface area contributed by atoms with Crippen molar-refractivity contribution in [3.05, 3.63) is 0 Å². The first-order valence-corrected chi connectivity index (χ1v) is 5.68. The van der Waals surface area contributed by atoms with E-state index in [2.05, 4.69) is 26.1 Å². The first-order valence-electron chi connectivity index (χ1n) is 5.68. The minimum atomic E-state index is 0.249. The highest BCUT2D eigenvalue weighted by Crippen LogP contribution is 2.11. The van der Waals surface area contributed by atoms with E-state index < -0.39 is 0 Å². The van der Waals surface area contributed by atoms with Crippen LogP contribution in [0, 0.1) is 11.8 Å². The lowest BCUT2D eigenvalue weighted by Gasteiger charge is -2.33. The lowest BCUT2D eigenvalue weighted by atomic mass is 10.0. The number of carbonyl (C=O) groups excluding carboxylic acids is 1. The number of hydrogen-bond acceptors (Lipinski definition) is 2. The number of rotatable bonds is 5. The predicted octanol–water partition coefficient (Wildman–Crippen LogP) is 1.10. The Morgan fingerprint density at radius 3 is 2.50 bits per heavy atom. The second-order valence-electron chi connectivity index (χ2n) is 4.25. The third-order valence-corrected chi connectivity index (χ3v) is 3.05. The summed E-state index contributed by atoms with van der Waals surface area (Å²) in [6, 6.07) is 0. The zero-order chi connectivity index (χ0) is 10.6. The zero-order valence-corrected chi connectivity index (χ0v) is 9.55. The lowest BCUT2D eigenvalue weighted by Crippen LogP contribution is -2.52. The van der Waals surface area contributed by atoms with Gasteiger partial charge in [-0.3, -0.25) is 4.79 Å². The summed E-state index contributed by atoms with van der Waals surface area (Å²) in [6.45, 7) is 9.95. The van der Waals surface area contributed by atoms with Crippen LogP contribution in [0.1, 0.15) is 27.2 Å². The van der Waals surface area contributed by atoms with Crippen LogP contribution in [-0.4, -0.2) is 37.0 Å². The van der Waals surface area contributed by atoms with Crippen molar-refractivity contribution in [2.75, 3.05) is 26.2 Å². The second-order valence-corrected chi connectivity index (χ2v) is 4.25. The summed E-state index contributed by atoms with van der Waals surface area (Å²) >= 11 is 0. The molecule has 0 radical (unpaired) electrons. The summed E-state index contributed by atoms with van der Waals surface area (Å²) < 4.78 is 0. The summed E-state index contributed by atoms with van der Waals surface area (Å²) in [6.07, 6.45) is 1.15. The molecular weight excluding hydrogens is 176 g/mol. The average Bonchev–Trinajstić information content (AvgIpc) is 2.10. The summed E-state index contributed by atoms with van der Waals surface area (Å²) in [4.78, 5) is 13.9. The van der Waals surface area contributed by atoms with Gasteiger partial charge in [0, 0.05) is 26.2 Å². The van der Waals surface area contributed by atoms with Gasteiger partial charge in [0.15, 0.2) is 0 Å². The van der Waals surface area contributed by atoms with E-state index in [0.717, 1.165) is 32.6 Å². The normalized spacial score (nSPS) is 18.8. The van der Waals surface area contributed by atoms with Gasteiger partial charge in [-0.05, 0) is 12.8 Å². The lowest BCUT2D eigenvalue weighted by molar-refractivity contribution is -0.137. The third kappa shape index (κ3) is 2.71. The zero-order valence-electron chi connectivity index (χ0n) is 9.55. The van der Waals surface area contributed by atoms with Gasteiger partial charge < -0.3 is 10.2 Å². The van der Waals surface area contributed by atoms with E-state index in [-0.39, 0.29) is 5.92 Å². The maximum Gasteiger partial charge on any atom is 0.228 e. The fourth-order valence-electron chi connectivity index (χ4n) is 1.60. The largest absolute Gasteiger partial charge is 0.342 e. The molecule has 1 amide bonds. The van der Waals surface area contributed by atoms with E-state index in [1.165, 1.54) is 0 Å². The molecule has 82 valence electrons. The van der Waals surface area contributed by atoms with Crippen molar-refractivity contribution in [2.24, 2.45) is 11.8 Å². The number of nitrogens with zero attached hydrogens (tertiary/aromatic N) is 1. The van der Waals surface area contributed by atoms with Crippen LogP contribution in [0.4, 0.5) is 0 Å². The van der Waals surface area contributed by atoms with Crippen LogP contribution in [0.2, 0.25) is 0 Å². The Morgan fingerprint density at radius 2 is 2.14 bits per heavy atom. The summed E-state index contributed by atoms with van der Waals surface area (Å²) in [7, 11) is 0. The molecule has 1 aliphatic rings. The Kier molecular flexibility index (Phi) is 4.39. The minimum absolute atomic E-state index is 0.249. The summed E-state index contributed by atoms with van der Waals surface area (Å²) in [5, 5.41) is 3.14. The molecule has 1 fully saturated rings. The van der Waals surface area contributed by atoms with E-state index in [1.807, 2.05) is 4.90 Å². The first kappa shape index (κ1) is 11.5. The Balaban J connectivity index is 2.39. The number of hydrogen-bond donors (Lipinski definition) is 1. The van der Waals surface area contributed by atoms with E-state index in [4.69, 9.17) is 0 Å². The molecule has 0 aromatic carbocycles. The molecule has 1 saturated heterocycles. The van der Waals surface area contributed by atoms with Crippen LogP contribution < -0.4 is 5.32 Å². The second kappa shape index (κ2) is 5.35. The Labute approximate surface area is 86.9 Å². The highest BCUT2D eigenvalue weighted by atomic mass is 16.2. The Bertz CT molecular complexity index is 190. The van der Waals surface area contributed by atoms with Gasteiger partial charge in [-0.25, -0.2) is 0 Å². The molecule has 1 aliphatic heterocycles. The minimum Gasteiger partial charge on any atom is -0.342 e. The maximum absolute atomic E-state index is 11.9. The smallest absolute Gasteiger partial charge is 0.228 e. The topological polar surface area (TPSA) is 32.3 Å². The van der Waals surface area contributed by atoms with Gasteiger partial charge in [-0.15, -0.1) is 0 Å². The molecule has 3 heteroatoms. The van der Waals surface area contributed by atoms with Crippen molar-refractivity contribution in [3.63, 3.8) is 0 Å². The predicted molar refractivity (Wildman–Crippen MR) is 58.1 cm³/mol. The van der Waals surface area contributed by atoms with E-state index in [9.17, 15) is 4.79 Å².